The van der Waals surface area contributed by atoms with Gasteiger partial charge in [0.25, 0.3) is 5.91 Å². The Labute approximate surface area is 209 Å². The van der Waals surface area contributed by atoms with Gasteiger partial charge in [-0.25, -0.2) is 23.5 Å². The summed E-state index contributed by atoms with van der Waals surface area (Å²) < 4.78 is 30.4. The number of fused-ring (bicyclic) bond motifs is 3. The van der Waals surface area contributed by atoms with E-state index in [1.54, 1.807) is 42.2 Å². The Balaban J connectivity index is 1.52. The van der Waals surface area contributed by atoms with Crippen LogP contribution in [-0.2, 0) is 18.4 Å². The van der Waals surface area contributed by atoms with Gasteiger partial charge in [0.2, 0.25) is 5.91 Å². The Morgan fingerprint density at radius 2 is 1.86 bits per heavy atom. The van der Waals surface area contributed by atoms with Crippen molar-refractivity contribution in [3.63, 3.8) is 0 Å². The first-order chi connectivity index (χ1) is 17.6. The lowest BCUT2D eigenvalue weighted by molar-refractivity contribution is -0.140. The molecule has 3 heterocycles. The summed E-state index contributed by atoms with van der Waals surface area (Å²) in [5.74, 6) is -1.99. The highest BCUT2D eigenvalue weighted by Crippen LogP contribution is 2.28. The molecule has 0 unspecified atom stereocenters. The van der Waals surface area contributed by atoms with Crippen LogP contribution in [0.3, 0.4) is 0 Å². The van der Waals surface area contributed by atoms with Crippen molar-refractivity contribution in [1.29, 1.82) is 0 Å². The lowest BCUT2D eigenvalue weighted by Gasteiger charge is -2.30. The Bertz CT molecular complexity index is 1690. The SMILES string of the molecule is CC(=O)N(C)N(Cc1ccn(-c2ccc(F)cc2F)n1)C(=O)c1ccc2nc(N)c3cnn(C)c3c2c1. The predicted octanol–water partition coefficient (Wildman–Crippen LogP) is 3.20. The first-order valence-corrected chi connectivity index (χ1v) is 11.2. The van der Waals surface area contributed by atoms with Crippen molar-refractivity contribution in [3.8, 4) is 5.69 Å². The van der Waals surface area contributed by atoms with Gasteiger partial charge >= 0.3 is 0 Å². The second-order valence-electron chi connectivity index (χ2n) is 8.51. The molecule has 3 aromatic heterocycles. The smallest absolute Gasteiger partial charge is 0.272 e. The highest BCUT2D eigenvalue weighted by molar-refractivity contribution is 6.10. The summed E-state index contributed by atoms with van der Waals surface area (Å²) in [6, 6.07) is 9.71. The van der Waals surface area contributed by atoms with Gasteiger partial charge in [-0.3, -0.25) is 19.3 Å². The predicted molar refractivity (Wildman–Crippen MR) is 132 cm³/mol. The zero-order chi connectivity index (χ0) is 26.4. The van der Waals surface area contributed by atoms with Gasteiger partial charge in [-0.1, -0.05) is 0 Å². The van der Waals surface area contributed by atoms with Crippen molar-refractivity contribution in [3.05, 3.63) is 77.8 Å². The van der Waals surface area contributed by atoms with E-state index < -0.39 is 17.5 Å². The summed E-state index contributed by atoms with van der Waals surface area (Å²) in [7, 11) is 3.24. The van der Waals surface area contributed by atoms with Crippen molar-refractivity contribution in [2.75, 3.05) is 12.8 Å². The number of benzene rings is 2. The number of anilines is 1. The highest BCUT2D eigenvalue weighted by atomic mass is 19.1. The fourth-order valence-corrected chi connectivity index (χ4v) is 4.12. The fraction of sp³-hybridized carbons (Fsp3) is 0.160. The van der Waals surface area contributed by atoms with Gasteiger partial charge in [0.05, 0.1) is 34.9 Å². The molecular formula is C25H22F2N8O2. The largest absolute Gasteiger partial charge is 0.383 e. The normalized spacial score (nSPS) is 11.3. The van der Waals surface area contributed by atoms with Crippen molar-refractivity contribution >= 4 is 39.4 Å². The van der Waals surface area contributed by atoms with Gasteiger partial charge < -0.3 is 5.73 Å². The van der Waals surface area contributed by atoms with Crippen LogP contribution in [0.25, 0.3) is 27.5 Å². The van der Waals surface area contributed by atoms with Crippen molar-refractivity contribution in [1.82, 2.24) is 34.6 Å². The molecule has 0 aliphatic rings. The lowest BCUT2D eigenvalue weighted by Crippen LogP contribution is -2.46. The molecule has 0 atom stereocenters. The second kappa shape index (κ2) is 8.97. The Morgan fingerprint density at radius 1 is 1.08 bits per heavy atom. The summed E-state index contributed by atoms with van der Waals surface area (Å²) in [5, 5.41) is 12.3. The average Bonchev–Trinajstić information content (AvgIpc) is 3.49. The van der Waals surface area contributed by atoms with Gasteiger partial charge in [0, 0.05) is 44.2 Å². The summed E-state index contributed by atoms with van der Waals surface area (Å²) >= 11 is 0. The van der Waals surface area contributed by atoms with E-state index in [0.717, 1.165) is 17.6 Å². The topological polar surface area (TPSA) is 115 Å². The number of rotatable bonds is 4. The Kier molecular flexibility index (Phi) is 5.78. The summed E-state index contributed by atoms with van der Waals surface area (Å²) in [6.07, 6.45) is 3.11. The van der Waals surface area contributed by atoms with Crippen LogP contribution >= 0.6 is 0 Å². The number of hydrogen-bond acceptors (Lipinski definition) is 6. The molecule has 0 saturated heterocycles. The van der Waals surface area contributed by atoms with E-state index in [1.165, 1.54) is 40.9 Å². The molecule has 5 aromatic rings. The van der Waals surface area contributed by atoms with Crippen LogP contribution in [0.4, 0.5) is 14.6 Å². The molecule has 10 nitrogen and oxygen atoms in total. The minimum Gasteiger partial charge on any atom is -0.383 e. The van der Waals surface area contributed by atoms with E-state index in [9.17, 15) is 18.4 Å². The number of nitrogens with zero attached hydrogens (tertiary/aromatic N) is 7. The molecule has 5 rings (SSSR count). The number of carbonyl (C=O) groups is 2. The molecule has 37 heavy (non-hydrogen) atoms. The molecule has 12 heteroatoms. The molecule has 0 aliphatic carbocycles. The van der Waals surface area contributed by atoms with Crippen LogP contribution in [0, 0.1) is 11.6 Å². The number of amides is 2. The maximum atomic E-state index is 14.2. The molecule has 188 valence electrons. The maximum Gasteiger partial charge on any atom is 0.272 e. The molecule has 2 amide bonds. The number of hydrogen-bond donors (Lipinski definition) is 1. The van der Waals surface area contributed by atoms with Crippen LogP contribution in [0.5, 0.6) is 0 Å². The Hall–Kier alpha value is -4.87. The quantitative estimate of drug-likeness (QED) is 0.376. The van der Waals surface area contributed by atoms with Crippen molar-refractivity contribution in [2.45, 2.75) is 13.5 Å². The summed E-state index contributed by atoms with van der Waals surface area (Å²) in [5.41, 5.74) is 8.12. The molecule has 2 aromatic carbocycles. The standard InChI is InChI=1S/C25H22F2N8O2/c1-14(36)33(3)35(13-17-8-9-34(31-17)22-7-5-16(26)11-20(22)27)25(37)15-4-6-21-18(10-15)23-19(24(28)30-21)12-29-32(23)2/h4-12H,13H2,1-3H3,(H2,28,30). The van der Waals surface area contributed by atoms with E-state index in [-0.39, 0.29) is 18.1 Å². The Morgan fingerprint density at radius 3 is 2.59 bits per heavy atom. The third-order valence-corrected chi connectivity index (χ3v) is 6.12. The highest BCUT2D eigenvalue weighted by Gasteiger charge is 2.25. The number of nitrogens with two attached hydrogens (primary N) is 1. The van der Waals surface area contributed by atoms with Gasteiger partial charge in [0.1, 0.15) is 17.3 Å². The van der Waals surface area contributed by atoms with Gasteiger partial charge in [-0.05, 0) is 36.4 Å². The molecule has 0 radical (unpaired) electrons. The number of nitrogen functional groups attached to an aromatic ring is 1. The van der Waals surface area contributed by atoms with E-state index in [1.807, 2.05) is 0 Å². The summed E-state index contributed by atoms with van der Waals surface area (Å²) in [4.78, 5) is 30.3. The fourth-order valence-electron chi connectivity index (χ4n) is 4.12. The van der Waals surface area contributed by atoms with E-state index in [4.69, 9.17) is 5.73 Å². The lowest BCUT2D eigenvalue weighted by atomic mass is 10.1. The number of pyridine rings is 1. The van der Waals surface area contributed by atoms with Crippen LogP contribution < -0.4 is 5.73 Å². The monoisotopic (exact) mass is 504 g/mol. The molecule has 2 N–H and O–H groups in total. The van der Waals surface area contributed by atoms with Crippen LogP contribution in [0.2, 0.25) is 0 Å². The molecule has 0 saturated carbocycles. The zero-order valence-electron chi connectivity index (χ0n) is 20.2. The van der Waals surface area contributed by atoms with Gasteiger partial charge in [-0.2, -0.15) is 10.2 Å². The minimum atomic E-state index is -0.782. The van der Waals surface area contributed by atoms with Crippen molar-refractivity contribution < 1.29 is 18.4 Å². The molecule has 0 fully saturated rings. The number of hydrazine groups is 1. The minimum absolute atomic E-state index is 0.0481. The third-order valence-electron chi connectivity index (χ3n) is 6.12. The van der Waals surface area contributed by atoms with Gasteiger partial charge in [-0.15, -0.1) is 0 Å². The second-order valence-corrected chi connectivity index (χ2v) is 8.51. The van der Waals surface area contributed by atoms with E-state index in [2.05, 4.69) is 15.2 Å². The summed E-state index contributed by atoms with van der Waals surface area (Å²) in [6.45, 7) is 1.25. The average molecular weight is 505 g/mol. The first kappa shape index (κ1) is 23.9. The third kappa shape index (κ3) is 4.22. The number of aromatic nitrogens is 5. The number of carbonyl (C=O) groups excluding carboxylic acids is 2. The molecule has 0 aliphatic heterocycles. The zero-order valence-corrected chi connectivity index (χ0v) is 20.2. The van der Waals surface area contributed by atoms with Crippen LogP contribution in [0.15, 0.2) is 54.9 Å². The van der Waals surface area contributed by atoms with Crippen LogP contribution in [0.1, 0.15) is 23.0 Å². The van der Waals surface area contributed by atoms with Gasteiger partial charge in [0.15, 0.2) is 5.82 Å². The molecule has 0 bridgehead atoms. The van der Waals surface area contributed by atoms with Crippen molar-refractivity contribution in [2.24, 2.45) is 7.05 Å². The number of aryl methyl sites for hydroxylation is 1. The first-order valence-electron chi connectivity index (χ1n) is 11.2. The molecular weight excluding hydrogens is 482 g/mol. The van der Waals surface area contributed by atoms with E-state index in [0.29, 0.717) is 33.4 Å². The number of halogens is 2. The maximum absolute atomic E-state index is 14.2. The van der Waals surface area contributed by atoms with Crippen LogP contribution in [-0.4, -0.2) is 53.4 Å². The van der Waals surface area contributed by atoms with E-state index >= 15 is 0 Å². The molecule has 0 spiro atoms.